The molecule has 66 heavy (non-hydrogen) atoms. The van der Waals surface area contributed by atoms with E-state index in [1.165, 1.54) is 28.9 Å². The van der Waals surface area contributed by atoms with Crippen molar-refractivity contribution in [3.8, 4) is 5.75 Å². The number of hydrogen-bond acceptors (Lipinski definition) is 12. The molecule has 1 aromatic heterocycles. The van der Waals surface area contributed by atoms with Crippen molar-refractivity contribution in [1.82, 2.24) is 24.9 Å². The van der Waals surface area contributed by atoms with Gasteiger partial charge in [-0.15, -0.1) is 0 Å². The second-order valence-electron chi connectivity index (χ2n) is 18.6. The molecule has 0 spiro atoms. The molecule has 352 valence electrons. The van der Waals surface area contributed by atoms with E-state index in [1.54, 1.807) is 92.5 Å². The van der Waals surface area contributed by atoms with Crippen molar-refractivity contribution in [2.75, 3.05) is 13.2 Å². The molecule has 2 heterocycles. The van der Waals surface area contributed by atoms with Crippen LogP contribution in [0.3, 0.4) is 0 Å². The number of ether oxygens (including phenoxy) is 5. The minimum absolute atomic E-state index is 0.0592. The van der Waals surface area contributed by atoms with Crippen molar-refractivity contribution in [2.24, 2.45) is 4.99 Å². The van der Waals surface area contributed by atoms with Gasteiger partial charge in [0.05, 0.1) is 12.3 Å². The van der Waals surface area contributed by atoms with Crippen molar-refractivity contribution in [1.29, 1.82) is 0 Å². The average Bonchev–Trinajstić information content (AvgIpc) is 3.62. The van der Waals surface area contributed by atoms with Crippen LogP contribution in [-0.4, -0.2) is 97.5 Å². The van der Waals surface area contributed by atoms with Crippen LogP contribution in [0, 0.1) is 0 Å². The number of esters is 1. The van der Waals surface area contributed by atoms with Gasteiger partial charge < -0.3 is 33.9 Å². The summed E-state index contributed by atoms with van der Waals surface area (Å²) < 4.78 is 29.1. The highest BCUT2D eigenvalue weighted by atomic mass is 16.6. The van der Waals surface area contributed by atoms with Gasteiger partial charge in [0.1, 0.15) is 41.7 Å². The molecule has 0 saturated carbocycles. The van der Waals surface area contributed by atoms with Gasteiger partial charge in [-0.05, 0) is 105 Å². The molecule has 1 aliphatic rings. The Labute approximate surface area is 385 Å². The Morgan fingerprint density at radius 1 is 0.758 bits per heavy atom. The monoisotopic (exact) mass is 908 g/mol. The summed E-state index contributed by atoms with van der Waals surface area (Å²) in [5, 5.41) is 7.45. The second-order valence-corrected chi connectivity index (χ2v) is 18.6. The van der Waals surface area contributed by atoms with Crippen molar-refractivity contribution in [3.63, 3.8) is 0 Å². The van der Waals surface area contributed by atoms with Crippen LogP contribution in [0.4, 0.5) is 14.4 Å². The lowest BCUT2D eigenvalue weighted by Crippen LogP contribution is -2.50. The molecule has 0 fully saturated rings. The van der Waals surface area contributed by atoms with Crippen LogP contribution < -0.4 is 10.1 Å². The van der Waals surface area contributed by atoms with Gasteiger partial charge in [0.15, 0.2) is 5.84 Å². The number of imide groups is 1. The van der Waals surface area contributed by atoms with Crippen LogP contribution in [-0.2, 0) is 61.1 Å². The summed E-state index contributed by atoms with van der Waals surface area (Å²) in [5.74, 6) is -1.22. The maximum Gasteiger partial charge on any atom is 0.436 e. The molecule has 0 bridgehead atoms. The van der Waals surface area contributed by atoms with Crippen LogP contribution in [0.2, 0.25) is 0 Å². The summed E-state index contributed by atoms with van der Waals surface area (Å²) in [6.07, 6.45) is -1.17. The van der Waals surface area contributed by atoms with Crippen molar-refractivity contribution < 1.29 is 52.5 Å². The number of aliphatic imine (C=N–C) groups is 1. The van der Waals surface area contributed by atoms with E-state index in [0.717, 1.165) is 22.4 Å². The zero-order valence-electron chi connectivity index (χ0n) is 39.3. The van der Waals surface area contributed by atoms with E-state index in [4.69, 9.17) is 23.7 Å². The quantitative estimate of drug-likeness (QED) is 0.0628. The van der Waals surface area contributed by atoms with E-state index in [1.807, 2.05) is 42.5 Å². The van der Waals surface area contributed by atoms with E-state index < -0.39 is 58.8 Å². The van der Waals surface area contributed by atoms with Gasteiger partial charge in [-0.25, -0.2) is 14.4 Å². The first kappa shape index (κ1) is 50.0. The smallest absolute Gasteiger partial charge is 0.436 e. The lowest BCUT2D eigenvalue weighted by molar-refractivity contribution is -0.144. The minimum atomic E-state index is -1.17. The molecule has 5 amide bonds. The largest absolute Gasteiger partial charge is 0.489 e. The molecule has 17 nitrogen and oxygen atoms in total. The Bertz CT molecular complexity index is 2360. The first-order chi connectivity index (χ1) is 31.0. The van der Waals surface area contributed by atoms with Gasteiger partial charge in [0, 0.05) is 48.8 Å². The number of aromatic nitrogens is 2. The van der Waals surface area contributed by atoms with Crippen molar-refractivity contribution in [2.45, 2.75) is 125 Å². The molecule has 1 N–H and O–H groups in total. The molecule has 1 atom stereocenters. The van der Waals surface area contributed by atoms with Crippen LogP contribution in [0.15, 0.2) is 90.1 Å². The normalized spacial score (nSPS) is 13.4. The average molecular weight is 909 g/mol. The number of nitrogens with zero attached hydrogens (tertiary/aromatic N) is 5. The maximum absolute atomic E-state index is 14.5. The maximum atomic E-state index is 14.5. The van der Waals surface area contributed by atoms with Crippen molar-refractivity contribution >= 4 is 41.9 Å². The molecular weight excluding hydrogens is 849 g/mol. The van der Waals surface area contributed by atoms with E-state index in [-0.39, 0.29) is 43.2 Å². The highest BCUT2D eigenvalue weighted by molar-refractivity contribution is 6.18. The van der Waals surface area contributed by atoms with Gasteiger partial charge in [-0.2, -0.15) is 15.0 Å². The summed E-state index contributed by atoms with van der Waals surface area (Å²) in [5.41, 5.74) is 0.361. The van der Waals surface area contributed by atoms with Crippen LogP contribution >= 0.6 is 0 Å². The van der Waals surface area contributed by atoms with Crippen LogP contribution in [0.25, 0.3) is 0 Å². The van der Waals surface area contributed by atoms with Gasteiger partial charge in [-0.1, -0.05) is 54.6 Å². The third-order valence-electron chi connectivity index (χ3n) is 9.39. The van der Waals surface area contributed by atoms with E-state index in [0.29, 0.717) is 30.2 Å². The van der Waals surface area contributed by atoms with Gasteiger partial charge in [0.2, 0.25) is 5.91 Å². The predicted octanol–water partition coefficient (Wildman–Crippen LogP) is 7.81. The Hall–Kier alpha value is -7.04. The number of benzene rings is 3. The second kappa shape index (κ2) is 21.3. The van der Waals surface area contributed by atoms with Gasteiger partial charge in [-0.3, -0.25) is 19.1 Å². The first-order valence-electron chi connectivity index (χ1n) is 21.7. The fourth-order valence-corrected chi connectivity index (χ4v) is 6.59. The standard InChI is InChI=1S/C49H60N6O11/c1-11-62-40(56)30-54-29-36-28-53(26-25-38(36)52-54)43(58)39(27-32-17-23-37(24-18-32)63-31-33-15-13-12-14-16-33)50-42(57)35-21-19-34(20-22-35)41(51-44(59)64-47(2,3)4)55(45(60)65-48(5,6)7)46(61)66-49(8,9)10/h12-24,29,39H,11,25-28,30-31H2,1-10H3,(H,50,57)/t39-/m0/s1. The number of amides is 5. The Balaban J connectivity index is 1.44. The zero-order chi connectivity index (χ0) is 48.4. The zero-order valence-corrected chi connectivity index (χ0v) is 39.3. The molecule has 0 unspecified atom stereocenters. The third kappa shape index (κ3) is 15.0. The number of nitrogens with one attached hydrogen (secondary N) is 1. The highest BCUT2D eigenvalue weighted by Crippen LogP contribution is 2.23. The summed E-state index contributed by atoms with van der Waals surface area (Å²) in [4.78, 5) is 87.5. The molecule has 0 aliphatic carbocycles. The fraction of sp³-hybridized carbons (Fsp3) is 0.429. The molecule has 3 aromatic carbocycles. The highest BCUT2D eigenvalue weighted by Gasteiger charge is 2.37. The Morgan fingerprint density at radius 2 is 1.35 bits per heavy atom. The molecule has 1 aliphatic heterocycles. The lowest BCUT2D eigenvalue weighted by atomic mass is 10.0. The summed E-state index contributed by atoms with van der Waals surface area (Å²) >= 11 is 0. The first-order valence-corrected chi connectivity index (χ1v) is 21.7. The molecule has 4 aromatic rings. The van der Waals surface area contributed by atoms with Crippen LogP contribution in [0.5, 0.6) is 5.75 Å². The Kier molecular flexibility index (Phi) is 16.1. The number of rotatable bonds is 12. The number of carbonyl (C=O) groups is 6. The molecule has 0 saturated heterocycles. The predicted molar refractivity (Wildman–Crippen MR) is 244 cm³/mol. The van der Waals surface area contributed by atoms with E-state index in [9.17, 15) is 28.8 Å². The summed E-state index contributed by atoms with van der Waals surface area (Å²) in [7, 11) is 0. The van der Waals surface area contributed by atoms with E-state index in [2.05, 4.69) is 15.4 Å². The lowest BCUT2D eigenvalue weighted by Gasteiger charge is -2.30. The van der Waals surface area contributed by atoms with E-state index >= 15 is 0 Å². The van der Waals surface area contributed by atoms with Crippen LogP contribution in [0.1, 0.15) is 108 Å². The number of hydrogen-bond donors (Lipinski definition) is 1. The minimum Gasteiger partial charge on any atom is -0.489 e. The molecule has 0 radical (unpaired) electrons. The summed E-state index contributed by atoms with van der Waals surface area (Å²) in [6, 6.07) is 21.6. The third-order valence-corrected chi connectivity index (χ3v) is 9.39. The van der Waals surface area contributed by atoms with Gasteiger partial charge in [0.25, 0.3) is 5.91 Å². The number of amidine groups is 1. The van der Waals surface area contributed by atoms with Crippen molar-refractivity contribution in [3.05, 3.63) is 119 Å². The Morgan fingerprint density at radius 3 is 1.92 bits per heavy atom. The number of carbonyl (C=O) groups excluding carboxylic acids is 6. The number of fused-ring (bicyclic) bond motifs is 1. The molecule has 5 rings (SSSR count). The molecule has 17 heteroatoms. The molecular formula is C49H60N6O11. The SMILES string of the molecule is CCOC(=O)Cn1cc2c(n1)CCN(C(=O)[C@H](Cc1ccc(OCc3ccccc3)cc1)NC(=O)c1ccc(C(=NC(=O)OC(C)(C)C)N(C(=O)OC(C)(C)C)C(=O)OC(C)(C)C)cc1)C2. The topological polar surface area (TPSA) is 197 Å². The summed E-state index contributed by atoms with van der Waals surface area (Å²) in [6.45, 7) is 17.3. The fourth-order valence-electron chi connectivity index (χ4n) is 6.59. The van der Waals surface area contributed by atoms with Gasteiger partial charge >= 0.3 is 24.2 Å².